The predicted octanol–water partition coefficient (Wildman–Crippen LogP) is 3.19. The van der Waals surface area contributed by atoms with Crippen LogP contribution in [0.25, 0.3) is 0 Å². The Hall–Kier alpha value is -0.390. The van der Waals surface area contributed by atoms with Crippen LogP contribution >= 0.6 is 13.5 Å². The van der Waals surface area contributed by atoms with Crippen LogP contribution in [-0.4, -0.2) is 17.3 Å². The third kappa shape index (κ3) is 3.88. The van der Waals surface area contributed by atoms with Crippen LogP contribution in [0.3, 0.4) is 0 Å². The second-order valence-electron chi connectivity index (χ2n) is 4.28. The van der Waals surface area contributed by atoms with Crippen LogP contribution in [-0.2, 0) is 4.79 Å². The zero-order valence-electron chi connectivity index (χ0n) is 9.05. The number of hydrogen-bond donors (Lipinski definition) is 1. The fraction of sp³-hybridized carbons (Fsp3) is 0.900. The molecule has 0 heterocycles. The monoisotopic (exact) mass is 258 g/mol. The SMILES string of the molecule is C[C@H](C(=O)O)C1CCC(C(F)(F)F)CC1.S. The second kappa shape index (κ2) is 5.80. The lowest BCUT2D eigenvalue weighted by atomic mass is 9.76. The molecule has 0 aromatic carbocycles. The maximum Gasteiger partial charge on any atom is 0.391 e. The molecule has 0 unspecified atom stereocenters. The number of aliphatic carboxylic acids is 1. The summed E-state index contributed by atoms with van der Waals surface area (Å²) in [5.74, 6) is -2.76. The van der Waals surface area contributed by atoms with E-state index in [4.69, 9.17) is 5.11 Å². The maximum absolute atomic E-state index is 12.3. The van der Waals surface area contributed by atoms with Crippen LogP contribution in [0.15, 0.2) is 0 Å². The van der Waals surface area contributed by atoms with E-state index in [9.17, 15) is 18.0 Å². The van der Waals surface area contributed by atoms with E-state index in [0.717, 1.165) is 0 Å². The van der Waals surface area contributed by atoms with Gasteiger partial charge in [0.1, 0.15) is 0 Å². The Bertz CT molecular complexity index is 235. The summed E-state index contributed by atoms with van der Waals surface area (Å²) < 4.78 is 36.9. The van der Waals surface area contributed by atoms with Gasteiger partial charge in [0.25, 0.3) is 0 Å². The highest BCUT2D eigenvalue weighted by atomic mass is 32.1. The average molecular weight is 258 g/mol. The molecule has 2 nitrogen and oxygen atoms in total. The molecule has 96 valence electrons. The highest BCUT2D eigenvalue weighted by Crippen LogP contribution is 2.41. The summed E-state index contributed by atoms with van der Waals surface area (Å²) in [6.45, 7) is 1.57. The molecular weight excluding hydrogens is 241 g/mol. The Kier molecular flexibility index (Phi) is 5.65. The summed E-state index contributed by atoms with van der Waals surface area (Å²) in [6, 6.07) is 0. The molecule has 1 atom stereocenters. The summed E-state index contributed by atoms with van der Waals surface area (Å²) in [5.41, 5.74) is 0. The van der Waals surface area contributed by atoms with Crippen molar-refractivity contribution in [2.45, 2.75) is 38.8 Å². The van der Waals surface area contributed by atoms with E-state index in [-0.39, 0.29) is 32.3 Å². The Labute approximate surface area is 99.7 Å². The summed E-state index contributed by atoms with van der Waals surface area (Å²) in [6.07, 6.45) is -3.22. The third-order valence-electron chi connectivity index (χ3n) is 3.33. The van der Waals surface area contributed by atoms with Crippen LogP contribution in [0.5, 0.6) is 0 Å². The zero-order valence-corrected chi connectivity index (χ0v) is 10.0. The first-order chi connectivity index (χ1) is 6.82. The summed E-state index contributed by atoms with van der Waals surface area (Å²) in [7, 11) is 0. The molecular formula is C10H17F3O2S. The van der Waals surface area contributed by atoms with Gasteiger partial charge in [-0.25, -0.2) is 0 Å². The molecule has 6 heteroatoms. The van der Waals surface area contributed by atoms with Crippen LogP contribution < -0.4 is 0 Å². The molecule has 0 amide bonds. The molecule has 0 spiro atoms. The van der Waals surface area contributed by atoms with E-state index in [1.807, 2.05) is 0 Å². The fourth-order valence-electron chi connectivity index (χ4n) is 2.15. The largest absolute Gasteiger partial charge is 0.481 e. The van der Waals surface area contributed by atoms with Gasteiger partial charge in [-0.1, -0.05) is 6.92 Å². The quantitative estimate of drug-likeness (QED) is 0.826. The van der Waals surface area contributed by atoms with E-state index in [0.29, 0.717) is 12.8 Å². The van der Waals surface area contributed by atoms with Gasteiger partial charge >= 0.3 is 12.1 Å². The molecule has 1 aliphatic rings. The van der Waals surface area contributed by atoms with Gasteiger partial charge in [-0.2, -0.15) is 26.7 Å². The standard InChI is InChI=1S/C10H15F3O2.H2S/c1-6(9(14)15)7-2-4-8(5-3-7)10(11,12)13;/h6-8H,2-5H2,1H3,(H,14,15);1H2/t6-,7?,8?;/m0./s1. The van der Waals surface area contributed by atoms with Gasteiger partial charge in [-0.3, -0.25) is 4.79 Å². The van der Waals surface area contributed by atoms with Gasteiger partial charge < -0.3 is 5.11 Å². The van der Waals surface area contributed by atoms with Crippen molar-refractivity contribution in [3.8, 4) is 0 Å². The summed E-state index contributed by atoms with van der Waals surface area (Å²) >= 11 is 0. The summed E-state index contributed by atoms with van der Waals surface area (Å²) in [5, 5.41) is 8.74. The van der Waals surface area contributed by atoms with Crippen molar-refractivity contribution in [3.05, 3.63) is 0 Å². The second-order valence-corrected chi connectivity index (χ2v) is 4.28. The molecule has 1 rings (SSSR count). The number of hydrogen-bond acceptors (Lipinski definition) is 1. The van der Waals surface area contributed by atoms with Gasteiger partial charge in [0.2, 0.25) is 0 Å². The number of halogens is 3. The molecule has 16 heavy (non-hydrogen) atoms. The van der Waals surface area contributed by atoms with Crippen molar-refractivity contribution in [2.75, 3.05) is 0 Å². The number of rotatable bonds is 2. The average Bonchev–Trinajstić information content (AvgIpc) is 2.15. The molecule has 0 bridgehead atoms. The zero-order chi connectivity index (χ0) is 11.6. The van der Waals surface area contributed by atoms with Crippen LogP contribution in [0, 0.1) is 17.8 Å². The smallest absolute Gasteiger partial charge is 0.391 e. The van der Waals surface area contributed by atoms with E-state index >= 15 is 0 Å². The molecule has 0 aliphatic heterocycles. The Morgan fingerprint density at radius 1 is 1.25 bits per heavy atom. The Balaban J connectivity index is 0.00000225. The Morgan fingerprint density at radius 2 is 1.69 bits per heavy atom. The van der Waals surface area contributed by atoms with E-state index in [1.165, 1.54) is 0 Å². The lowest BCUT2D eigenvalue weighted by Gasteiger charge is -2.31. The highest BCUT2D eigenvalue weighted by molar-refractivity contribution is 7.59. The minimum absolute atomic E-state index is 0. The number of carboxylic acids is 1. The van der Waals surface area contributed by atoms with Gasteiger partial charge in [0, 0.05) is 0 Å². The molecule has 0 radical (unpaired) electrons. The maximum atomic E-state index is 12.3. The third-order valence-corrected chi connectivity index (χ3v) is 3.33. The van der Waals surface area contributed by atoms with Crippen molar-refractivity contribution in [3.63, 3.8) is 0 Å². The molecule has 0 aromatic rings. The predicted molar refractivity (Wildman–Crippen MR) is 58.7 cm³/mol. The van der Waals surface area contributed by atoms with E-state index < -0.39 is 24.0 Å². The van der Waals surface area contributed by atoms with Gasteiger partial charge in [0.15, 0.2) is 0 Å². The van der Waals surface area contributed by atoms with Crippen molar-refractivity contribution >= 4 is 19.5 Å². The van der Waals surface area contributed by atoms with E-state index in [2.05, 4.69) is 0 Å². The Morgan fingerprint density at radius 3 is 2.00 bits per heavy atom. The molecule has 1 N–H and O–H groups in total. The van der Waals surface area contributed by atoms with Crippen LogP contribution in [0.1, 0.15) is 32.6 Å². The molecule has 1 saturated carbocycles. The van der Waals surface area contributed by atoms with Gasteiger partial charge in [0.05, 0.1) is 11.8 Å². The van der Waals surface area contributed by atoms with Crippen LogP contribution in [0.2, 0.25) is 0 Å². The summed E-state index contributed by atoms with van der Waals surface area (Å²) in [4.78, 5) is 10.7. The van der Waals surface area contributed by atoms with E-state index in [1.54, 1.807) is 6.92 Å². The van der Waals surface area contributed by atoms with Crippen molar-refractivity contribution in [1.29, 1.82) is 0 Å². The number of carbonyl (C=O) groups is 1. The van der Waals surface area contributed by atoms with Gasteiger partial charge in [-0.05, 0) is 31.6 Å². The molecule has 0 aromatic heterocycles. The van der Waals surface area contributed by atoms with Crippen molar-refractivity contribution in [1.82, 2.24) is 0 Å². The van der Waals surface area contributed by atoms with Crippen LogP contribution in [0.4, 0.5) is 13.2 Å². The minimum Gasteiger partial charge on any atom is -0.481 e. The normalized spacial score (nSPS) is 28.0. The topological polar surface area (TPSA) is 37.3 Å². The first-order valence-electron chi connectivity index (χ1n) is 5.12. The number of alkyl halides is 3. The lowest BCUT2D eigenvalue weighted by molar-refractivity contribution is -0.185. The molecule has 0 saturated heterocycles. The van der Waals surface area contributed by atoms with Gasteiger partial charge in [-0.15, -0.1) is 0 Å². The first-order valence-corrected chi connectivity index (χ1v) is 5.12. The van der Waals surface area contributed by atoms with Crippen molar-refractivity contribution in [2.24, 2.45) is 17.8 Å². The highest BCUT2D eigenvalue weighted by Gasteiger charge is 2.42. The molecule has 1 fully saturated rings. The minimum atomic E-state index is -4.11. The number of carboxylic acid groups (broad SMARTS) is 1. The lowest BCUT2D eigenvalue weighted by Crippen LogP contribution is -2.31. The molecule has 1 aliphatic carbocycles. The fourth-order valence-corrected chi connectivity index (χ4v) is 2.15. The first kappa shape index (κ1) is 15.6. The van der Waals surface area contributed by atoms with Crippen molar-refractivity contribution < 1.29 is 23.1 Å².